The van der Waals surface area contributed by atoms with E-state index in [1.807, 2.05) is 0 Å². The van der Waals surface area contributed by atoms with Gasteiger partial charge in [-0.15, -0.1) is 0 Å². The van der Waals surface area contributed by atoms with E-state index in [4.69, 9.17) is 10.5 Å². The minimum absolute atomic E-state index is 0.165. The molecule has 0 saturated heterocycles. The Hall–Kier alpha value is -1.37. The second-order valence-electron chi connectivity index (χ2n) is 4.39. The van der Waals surface area contributed by atoms with Crippen LogP contribution in [0.2, 0.25) is 0 Å². The van der Waals surface area contributed by atoms with E-state index < -0.39 is 40.3 Å². The Morgan fingerprint density at radius 3 is 1.72 bits per heavy atom. The minimum atomic E-state index is -2.20. The summed E-state index contributed by atoms with van der Waals surface area (Å²) in [7, 11) is 0. The number of rotatable bonds is 4. The number of hydrogen-bond donors (Lipinski definition) is 1. The van der Waals surface area contributed by atoms with E-state index in [0.29, 0.717) is 12.8 Å². The summed E-state index contributed by atoms with van der Waals surface area (Å²) in [5, 5.41) is 0. The van der Waals surface area contributed by atoms with Crippen LogP contribution in [0, 0.1) is 34.5 Å². The van der Waals surface area contributed by atoms with Gasteiger partial charge < -0.3 is 10.5 Å². The van der Waals surface area contributed by atoms with Crippen LogP contribution in [-0.4, -0.2) is 13.2 Å². The Morgan fingerprint density at radius 1 is 0.889 bits per heavy atom. The van der Waals surface area contributed by atoms with Crippen molar-refractivity contribution in [2.45, 2.75) is 12.8 Å². The Kier molecular flexibility index (Phi) is 3.18. The topological polar surface area (TPSA) is 35.2 Å². The van der Waals surface area contributed by atoms with Gasteiger partial charge in [-0.3, -0.25) is 0 Å². The Bertz CT molecular complexity index is 458. The first kappa shape index (κ1) is 13.1. The van der Waals surface area contributed by atoms with Gasteiger partial charge in [0, 0.05) is 12.0 Å². The van der Waals surface area contributed by atoms with Gasteiger partial charge in [0.15, 0.2) is 5.75 Å². The summed E-state index contributed by atoms with van der Waals surface area (Å²) >= 11 is 0. The number of hydrogen-bond acceptors (Lipinski definition) is 2. The van der Waals surface area contributed by atoms with Gasteiger partial charge >= 0.3 is 0 Å². The minimum Gasteiger partial charge on any atom is -0.487 e. The molecular formula is C11H10F5NO. The fraction of sp³-hybridized carbons (Fsp3) is 0.455. The fourth-order valence-corrected chi connectivity index (χ4v) is 1.52. The quantitative estimate of drug-likeness (QED) is 0.517. The summed E-state index contributed by atoms with van der Waals surface area (Å²) in [5.41, 5.74) is 5.01. The molecule has 1 aromatic carbocycles. The summed E-state index contributed by atoms with van der Waals surface area (Å²) in [6, 6.07) is 0. The van der Waals surface area contributed by atoms with Crippen molar-refractivity contribution in [3.63, 3.8) is 0 Å². The van der Waals surface area contributed by atoms with E-state index in [1.165, 1.54) is 0 Å². The van der Waals surface area contributed by atoms with Gasteiger partial charge in [0.2, 0.25) is 29.1 Å². The Balaban J connectivity index is 2.28. The number of ether oxygens (including phenoxy) is 1. The van der Waals surface area contributed by atoms with Gasteiger partial charge in [0.1, 0.15) is 0 Å². The third kappa shape index (κ3) is 2.03. The van der Waals surface area contributed by atoms with Gasteiger partial charge in [-0.25, -0.2) is 13.2 Å². The van der Waals surface area contributed by atoms with Crippen LogP contribution >= 0.6 is 0 Å². The molecule has 100 valence electrons. The van der Waals surface area contributed by atoms with E-state index in [1.54, 1.807) is 0 Å². The summed E-state index contributed by atoms with van der Waals surface area (Å²) < 4.78 is 69.6. The molecule has 0 amide bonds. The maximum absolute atomic E-state index is 13.2. The molecule has 2 N–H and O–H groups in total. The number of benzene rings is 1. The van der Waals surface area contributed by atoms with Crippen LogP contribution in [0.4, 0.5) is 22.0 Å². The van der Waals surface area contributed by atoms with E-state index in [-0.39, 0.29) is 13.2 Å². The van der Waals surface area contributed by atoms with E-state index in [9.17, 15) is 22.0 Å². The molecule has 7 heteroatoms. The summed E-state index contributed by atoms with van der Waals surface area (Å²) in [6.45, 7) is 0.0737. The van der Waals surface area contributed by atoms with Crippen molar-refractivity contribution in [1.29, 1.82) is 0 Å². The average Bonchev–Trinajstić information content (AvgIpc) is 3.14. The molecule has 2 nitrogen and oxygen atoms in total. The van der Waals surface area contributed by atoms with Crippen molar-refractivity contribution < 1.29 is 26.7 Å². The van der Waals surface area contributed by atoms with Crippen LogP contribution in [0.15, 0.2) is 0 Å². The first-order valence-corrected chi connectivity index (χ1v) is 5.26. The molecule has 0 unspecified atom stereocenters. The largest absolute Gasteiger partial charge is 0.487 e. The molecule has 0 atom stereocenters. The zero-order valence-electron chi connectivity index (χ0n) is 9.20. The zero-order valence-corrected chi connectivity index (χ0v) is 9.20. The third-order valence-electron chi connectivity index (χ3n) is 3.08. The second kappa shape index (κ2) is 4.38. The maximum Gasteiger partial charge on any atom is 0.206 e. The molecule has 18 heavy (non-hydrogen) atoms. The lowest BCUT2D eigenvalue weighted by atomic mass is 10.1. The molecule has 1 aliphatic carbocycles. The normalized spacial score (nSPS) is 16.8. The second-order valence-corrected chi connectivity index (χ2v) is 4.39. The molecule has 0 heterocycles. The smallest absolute Gasteiger partial charge is 0.206 e. The summed E-state index contributed by atoms with van der Waals surface area (Å²) in [4.78, 5) is 0. The SMILES string of the molecule is NCC1(COc2c(F)c(F)c(F)c(F)c2F)CC1. The predicted molar refractivity (Wildman–Crippen MR) is 52.4 cm³/mol. The monoisotopic (exact) mass is 267 g/mol. The fourth-order valence-electron chi connectivity index (χ4n) is 1.52. The van der Waals surface area contributed by atoms with Crippen molar-refractivity contribution in [3.05, 3.63) is 29.1 Å². The standard InChI is InChI=1S/C11H10F5NO/c12-5-6(13)8(15)10(9(16)7(5)14)18-4-11(3-17)1-2-11/h1-4,17H2. The van der Waals surface area contributed by atoms with Crippen molar-refractivity contribution in [3.8, 4) is 5.75 Å². The number of nitrogens with two attached hydrogens (primary N) is 1. The highest BCUT2D eigenvalue weighted by Crippen LogP contribution is 2.45. The molecule has 1 aromatic rings. The van der Waals surface area contributed by atoms with Crippen LogP contribution < -0.4 is 10.5 Å². The first-order chi connectivity index (χ1) is 8.42. The molecule has 1 saturated carbocycles. The van der Waals surface area contributed by atoms with Crippen molar-refractivity contribution >= 4 is 0 Å². The lowest BCUT2D eigenvalue weighted by Gasteiger charge is -2.15. The molecule has 0 aliphatic heterocycles. The molecule has 0 aromatic heterocycles. The van der Waals surface area contributed by atoms with Gasteiger partial charge in [0.05, 0.1) is 6.61 Å². The summed E-state index contributed by atoms with van der Waals surface area (Å²) in [5.74, 6) is -11.4. The first-order valence-electron chi connectivity index (χ1n) is 5.26. The van der Waals surface area contributed by atoms with Crippen molar-refractivity contribution in [1.82, 2.24) is 0 Å². The van der Waals surface area contributed by atoms with Crippen LogP contribution in [0.1, 0.15) is 12.8 Å². The molecule has 1 fully saturated rings. The Labute approximate surface area is 99.5 Å². The molecule has 0 spiro atoms. The summed E-state index contributed by atoms with van der Waals surface area (Å²) in [6.07, 6.45) is 1.41. The lowest BCUT2D eigenvalue weighted by molar-refractivity contribution is 0.209. The predicted octanol–water partition coefficient (Wildman–Crippen LogP) is 2.50. The van der Waals surface area contributed by atoms with Gasteiger partial charge in [-0.2, -0.15) is 8.78 Å². The Morgan fingerprint density at radius 2 is 1.33 bits per heavy atom. The third-order valence-corrected chi connectivity index (χ3v) is 3.08. The van der Waals surface area contributed by atoms with Gasteiger partial charge in [-0.05, 0) is 12.8 Å². The average molecular weight is 267 g/mol. The van der Waals surface area contributed by atoms with E-state index >= 15 is 0 Å². The zero-order chi connectivity index (χ0) is 13.5. The highest BCUT2D eigenvalue weighted by Gasteiger charge is 2.42. The molecule has 0 bridgehead atoms. The molecule has 0 radical (unpaired) electrons. The maximum atomic E-state index is 13.2. The number of halogens is 5. The lowest BCUT2D eigenvalue weighted by Crippen LogP contribution is -2.23. The van der Waals surface area contributed by atoms with Gasteiger partial charge in [0.25, 0.3) is 0 Å². The highest BCUT2D eigenvalue weighted by molar-refractivity contribution is 5.30. The molecule has 2 rings (SSSR count). The molecule has 1 aliphatic rings. The van der Waals surface area contributed by atoms with Crippen LogP contribution in [0.3, 0.4) is 0 Å². The van der Waals surface area contributed by atoms with E-state index in [0.717, 1.165) is 0 Å². The van der Waals surface area contributed by atoms with Crippen LogP contribution in [0.5, 0.6) is 5.75 Å². The van der Waals surface area contributed by atoms with Crippen molar-refractivity contribution in [2.24, 2.45) is 11.1 Å². The van der Waals surface area contributed by atoms with Gasteiger partial charge in [-0.1, -0.05) is 0 Å². The molecular weight excluding hydrogens is 257 g/mol. The van der Waals surface area contributed by atoms with Crippen LogP contribution in [-0.2, 0) is 0 Å². The van der Waals surface area contributed by atoms with Crippen molar-refractivity contribution in [2.75, 3.05) is 13.2 Å². The van der Waals surface area contributed by atoms with Crippen LogP contribution in [0.25, 0.3) is 0 Å². The van der Waals surface area contributed by atoms with E-state index in [2.05, 4.69) is 0 Å². The highest BCUT2D eigenvalue weighted by atomic mass is 19.2.